The molecule has 0 aromatic heterocycles. The second-order valence-corrected chi connectivity index (χ2v) is 6.06. The molecule has 116 valence electrons. The van der Waals surface area contributed by atoms with Gasteiger partial charge in [-0.2, -0.15) is 0 Å². The van der Waals surface area contributed by atoms with E-state index in [0.717, 1.165) is 6.54 Å². The molecule has 0 bridgehead atoms. The van der Waals surface area contributed by atoms with Crippen molar-refractivity contribution in [3.63, 3.8) is 0 Å². The highest BCUT2D eigenvalue weighted by molar-refractivity contribution is 6.36. The summed E-state index contributed by atoms with van der Waals surface area (Å²) in [4.78, 5) is 14.1. The maximum absolute atomic E-state index is 11.9. The molecule has 0 saturated heterocycles. The Labute approximate surface area is 135 Å². The summed E-state index contributed by atoms with van der Waals surface area (Å²) in [5.74, 6) is -0.0917. The van der Waals surface area contributed by atoms with Crippen LogP contribution in [0.2, 0.25) is 10.0 Å². The van der Waals surface area contributed by atoms with Gasteiger partial charge in [-0.3, -0.25) is 9.69 Å². The first-order valence-electron chi connectivity index (χ1n) is 7.15. The fourth-order valence-corrected chi connectivity index (χ4v) is 2.97. The van der Waals surface area contributed by atoms with Crippen LogP contribution in [0.5, 0.6) is 0 Å². The van der Waals surface area contributed by atoms with Crippen LogP contribution in [0.15, 0.2) is 18.2 Å². The molecule has 2 N–H and O–H groups in total. The first-order chi connectivity index (χ1) is 10.0. The van der Waals surface area contributed by atoms with Gasteiger partial charge in [0.2, 0.25) is 5.91 Å². The van der Waals surface area contributed by atoms with E-state index in [9.17, 15) is 9.90 Å². The van der Waals surface area contributed by atoms with Crippen LogP contribution in [0.4, 0.5) is 0 Å². The van der Waals surface area contributed by atoms with Crippen LogP contribution < -0.4 is 5.32 Å². The van der Waals surface area contributed by atoms with Crippen LogP contribution in [0, 0.1) is 0 Å². The molecule has 1 aliphatic carbocycles. The molecule has 0 heterocycles. The van der Waals surface area contributed by atoms with Crippen molar-refractivity contribution in [2.75, 3.05) is 19.6 Å². The van der Waals surface area contributed by atoms with Crippen molar-refractivity contribution in [3.8, 4) is 0 Å². The van der Waals surface area contributed by atoms with E-state index in [2.05, 4.69) is 10.2 Å². The minimum absolute atomic E-state index is 0.0917. The number of hydrogen-bond donors (Lipinski definition) is 2. The van der Waals surface area contributed by atoms with Crippen molar-refractivity contribution in [2.45, 2.75) is 31.9 Å². The quantitative estimate of drug-likeness (QED) is 0.808. The molecule has 1 fully saturated rings. The highest BCUT2D eigenvalue weighted by atomic mass is 35.5. The summed E-state index contributed by atoms with van der Waals surface area (Å²) in [7, 11) is 0. The summed E-state index contributed by atoms with van der Waals surface area (Å²) in [6, 6.07) is 5.59. The minimum Gasteiger partial charge on any atom is -0.386 e. The first-order valence-corrected chi connectivity index (χ1v) is 7.91. The molecule has 4 nitrogen and oxygen atoms in total. The minimum atomic E-state index is -0.911. The standard InChI is InChI=1S/C15H20Cl2N2O2/c1-2-19(10-6-7-10)9-14(21)18-8-13(20)15-11(16)4-3-5-12(15)17/h3-5,10,13,20H,2,6-9H2,1H3,(H,18,21). The second-order valence-electron chi connectivity index (χ2n) is 5.25. The largest absolute Gasteiger partial charge is 0.386 e. The summed E-state index contributed by atoms with van der Waals surface area (Å²) >= 11 is 12.1. The summed E-state index contributed by atoms with van der Waals surface area (Å²) in [5, 5.41) is 13.7. The summed E-state index contributed by atoms with van der Waals surface area (Å²) < 4.78 is 0. The van der Waals surface area contributed by atoms with Gasteiger partial charge < -0.3 is 10.4 Å². The number of aliphatic hydroxyl groups excluding tert-OH is 1. The third-order valence-electron chi connectivity index (χ3n) is 3.64. The number of rotatable bonds is 7. The molecule has 1 atom stereocenters. The summed E-state index contributed by atoms with van der Waals surface area (Å²) in [6.07, 6.45) is 1.42. The lowest BCUT2D eigenvalue weighted by atomic mass is 10.1. The Morgan fingerprint density at radius 1 is 1.43 bits per heavy atom. The van der Waals surface area contributed by atoms with Crippen molar-refractivity contribution in [1.82, 2.24) is 10.2 Å². The number of carbonyl (C=O) groups is 1. The number of benzene rings is 1. The number of nitrogens with one attached hydrogen (secondary N) is 1. The SMILES string of the molecule is CCN(CC(=O)NCC(O)c1c(Cl)cccc1Cl)C1CC1. The molecule has 1 saturated carbocycles. The van der Waals surface area contributed by atoms with Crippen LogP contribution in [0.3, 0.4) is 0 Å². The van der Waals surface area contributed by atoms with E-state index in [1.807, 2.05) is 6.92 Å². The zero-order chi connectivity index (χ0) is 15.4. The fourth-order valence-electron chi connectivity index (χ4n) is 2.32. The highest BCUT2D eigenvalue weighted by Gasteiger charge is 2.29. The lowest BCUT2D eigenvalue weighted by Gasteiger charge is -2.20. The maximum atomic E-state index is 11.9. The van der Waals surface area contributed by atoms with Crippen molar-refractivity contribution in [3.05, 3.63) is 33.8 Å². The Kier molecular flexibility index (Phi) is 5.88. The van der Waals surface area contributed by atoms with Crippen LogP contribution in [0.1, 0.15) is 31.4 Å². The van der Waals surface area contributed by atoms with Crippen molar-refractivity contribution in [2.24, 2.45) is 0 Å². The Hall–Kier alpha value is -0.810. The van der Waals surface area contributed by atoms with Crippen molar-refractivity contribution in [1.29, 1.82) is 0 Å². The zero-order valence-corrected chi connectivity index (χ0v) is 13.5. The van der Waals surface area contributed by atoms with Crippen LogP contribution in [-0.4, -0.2) is 41.6 Å². The van der Waals surface area contributed by atoms with Gasteiger partial charge in [0.1, 0.15) is 0 Å². The molecule has 1 unspecified atom stereocenters. The maximum Gasteiger partial charge on any atom is 0.234 e. The van der Waals surface area contributed by atoms with Gasteiger partial charge in [0, 0.05) is 28.2 Å². The number of halogens is 2. The van der Waals surface area contributed by atoms with Crippen molar-refractivity contribution < 1.29 is 9.90 Å². The monoisotopic (exact) mass is 330 g/mol. The molecule has 0 aliphatic heterocycles. The molecule has 2 rings (SSSR count). The van der Waals surface area contributed by atoms with Crippen LogP contribution >= 0.6 is 23.2 Å². The molecule has 1 aromatic rings. The zero-order valence-electron chi connectivity index (χ0n) is 12.0. The average molecular weight is 331 g/mol. The molecular weight excluding hydrogens is 311 g/mol. The number of carbonyl (C=O) groups excluding carboxylic acids is 1. The number of nitrogens with zero attached hydrogens (tertiary/aromatic N) is 1. The Morgan fingerprint density at radius 3 is 2.57 bits per heavy atom. The Bertz CT molecular complexity index is 486. The second kappa shape index (κ2) is 7.45. The van der Waals surface area contributed by atoms with E-state index in [-0.39, 0.29) is 12.5 Å². The number of amides is 1. The smallest absolute Gasteiger partial charge is 0.234 e. The van der Waals surface area contributed by atoms with E-state index in [0.29, 0.717) is 28.2 Å². The lowest BCUT2D eigenvalue weighted by molar-refractivity contribution is -0.122. The molecule has 1 aliphatic rings. The fraction of sp³-hybridized carbons (Fsp3) is 0.533. The van der Waals surface area contributed by atoms with Gasteiger partial charge in [-0.05, 0) is 31.5 Å². The molecule has 0 radical (unpaired) electrons. The lowest BCUT2D eigenvalue weighted by Crippen LogP contribution is -2.39. The molecular formula is C15H20Cl2N2O2. The third-order valence-corrected chi connectivity index (χ3v) is 4.30. The number of hydrogen-bond acceptors (Lipinski definition) is 3. The summed E-state index contributed by atoms with van der Waals surface area (Å²) in [6.45, 7) is 3.37. The van der Waals surface area contributed by atoms with Gasteiger partial charge in [-0.25, -0.2) is 0 Å². The normalized spacial score (nSPS) is 16.0. The van der Waals surface area contributed by atoms with E-state index in [1.54, 1.807) is 18.2 Å². The molecule has 6 heteroatoms. The van der Waals surface area contributed by atoms with Gasteiger partial charge >= 0.3 is 0 Å². The van der Waals surface area contributed by atoms with E-state index >= 15 is 0 Å². The van der Waals surface area contributed by atoms with Gasteiger partial charge in [0.05, 0.1) is 12.6 Å². The predicted octanol–water partition coefficient (Wildman–Crippen LogP) is 2.63. The Balaban J connectivity index is 1.85. The number of likely N-dealkylation sites (N-methyl/N-ethyl adjacent to an activating group) is 1. The van der Waals surface area contributed by atoms with E-state index in [1.165, 1.54) is 12.8 Å². The Morgan fingerprint density at radius 2 is 2.05 bits per heavy atom. The topological polar surface area (TPSA) is 52.6 Å². The van der Waals surface area contributed by atoms with E-state index < -0.39 is 6.10 Å². The molecule has 21 heavy (non-hydrogen) atoms. The van der Waals surface area contributed by atoms with Crippen LogP contribution in [-0.2, 0) is 4.79 Å². The molecule has 0 spiro atoms. The highest BCUT2D eigenvalue weighted by Crippen LogP contribution is 2.30. The van der Waals surface area contributed by atoms with Gasteiger partial charge in [-0.1, -0.05) is 36.2 Å². The van der Waals surface area contributed by atoms with Gasteiger partial charge in [0.15, 0.2) is 0 Å². The summed E-state index contributed by atoms with van der Waals surface area (Å²) in [5.41, 5.74) is 0.454. The predicted molar refractivity (Wildman–Crippen MR) is 84.7 cm³/mol. The van der Waals surface area contributed by atoms with Gasteiger partial charge in [-0.15, -0.1) is 0 Å². The van der Waals surface area contributed by atoms with Crippen molar-refractivity contribution >= 4 is 29.1 Å². The van der Waals surface area contributed by atoms with Crippen LogP contribution in [0.25, 0.3) is 0 Å². The van der Waals surface area contributed by atoms with E-state index in [4.69, 9.17) is 23.2 Å². The molecule has 1 amide bonds. The van der Waals surface area contributed by atoms with Gasteiger partial charge in [0.25, 0.3) is 0 Å². The third kappa shape index (κ3) is 4.58. The number of aliphatic hydroxyl groups is 1. The first kappa shape index (κ1) is 16.6. The molecule has 1 aromatic carbocycles. The average Bonchev–Trinajstić information content (AvgIpc) is 3.27.